The number of halogens is 1. The van der Waals surface area contributed by atoms with E-state index < -0.39 is 23.7 Å². The molecule has 5 rings (SSSR count). The third kappa shape index (κ3) is 6.56. The first-order valence-corrected chi connectivity index (χ1v) is 13.4. The summed E-state index contributed by atoms with van der Waals surface area (Å²) >= 11 is 0. The first-order valence-electron chi connectivity index (χ1n) is 13.4. The molecule has 0 aliphatic heterocycles. The van der Waals surface area contributed by atoms with Crippen molar-refractivity contribution < 1.29 is 28.2 Å². The molecule has 10 nitrogen and oxygen atoms in total. The van der Waals surface area contributed by atoms with E-state index in [0.29, 0.717) is 45.1 Å². The summed E-state index contributed by atoms with van der Waals surface area (Å²) in [6, 6.07) is 23.8. The Kier molecular flexibility index (Phi) is 8.80. The molecule has 0 radical (unpaired) electrons. The minimum atomic E-state index is -1.13. The highest BCUT2D eigenvalue weighted by Gasteiger charge is 2.33. The van der Waals surface area contributed by atoms with Gasteiger partial charge in [-0.1, -0.05) is 35.5 Å². The molecule has 5 aromatic rings. The predicted molar refractivity (Wildman–Crippen MR) is 158 cm³/mol. The van der Waals surface area contributed by atoms with Crippen molar-refractivity contribution in [2.45, 2.75) is 19.1 Å². The maximum absolute atomic E-state index is 14.2. The average Bonchev–Trinajstić information content (AvgIpc) is 3.44. The molecule has 43 heavy (non-hydrogen) atoms. The first-order chi connectivity index (χ1) is 20.9. The molecule has 0 bridgehead atoms. The van der Waals surface area contributed by atoms with Crippen LogP contribution in [0.15, 0.2) is 91.0 Å². The summed E-state index contributed by atoms with van der Waals surface area (Å²) in [6.45, 7) is -0.192. The lowest BCUT2D eigenvalue weighted by Crippen LogP contribution is -2.42. The number of carbonyl (C=O) groups is 2. The number of hydrogen-bond donors (Lipinski definition) is 1. The fourth-order valence-corrected chi connectivity index (χ4v) is 4.74. The van der Waals surface area contributed by atoms with Crippen LogP contribution in [0.25, 0.3) is 11.0 Å². The van der Waals surface area contributed by atoms with Gasteiger partial charge in [0.1, 0.15) is 29.7 Å². The summed E-state index contributed by atoms with van der Waals surface area (Å²) in [5.74, 6) is 0.178. The number of ether oxygens (including phenoxy) is 3. The number of para-hydroxylation sites is 1. The molecule has 1 N–H and O–H groups in total. The molecule has 0 saturated heterocycles. The van der Waals surface area contributed by atoms with E-state index in [1.54, 1.807) is 67.8 Å². The standard InChI is InChI=1S/C32H30FN5O5/c1-41-25-15-13-24(14-16-25)34-32(40)31(22-10-17-28(42-2)29(18-22)43-3)37(19-21-8-11-23(33)12-9-21)30(39)20-38-27-7-5-4-6-26(27)35-36-38/h4-18,31H,19-20H2,1-3H3,(H,34,40)/t31-/m1/s1. The monoisotopic (exact) mass is 583 g/mol. The van der Waals surface area contributed by atoms with Gasteiger partial charge in [-0.05, 0) is 71.8 Å². The summed E-state index contributed by atoms with van der Waals surface area (Å²) in [6.07, 6.45) is 0. The zero-order valence-electron chi connectivity index (χ0n) is 23.9. The summed E-state index contributed by atoms with van der Waals surface area (Å²) < 4.78 is 31.4. The summed E-state index contributed by atoms with van der Waals surface area (Å²) in [4.78, 5) is 29.7. The molecule has 2 amide bonds. The highest BCUT2D eigenvalue weighted by atomic mass is 19.1. The largest absolute Gasteiger partial charge is 0.497 e. The third-order valence-electron chi connectivity index (χ3n) is 6.93. The fraction of sp³-hybridized carbons (Fsp3) is 0.188. The summed E-state index contributed by atoms with van der Waals surface area (Å²) in [5.41, 5.74) is 2.91. The maximum Gasteiger partial charge on any atom is 0.251 e. The van der Waals surface area contributed by atoms with Gasteiger partial charge in [-0.2, -0.15) is 0 Å². The molecular formula is C32H30FN5O5. The van der Waals surface area contributed by atoms with Crippen molar-refractivity contribution in [3.05, 3.63) is 108 Å². The molecule has 4 aromatic carbocycles. The molecule has 1 aromatic heterocycles. The van der Waals surface area contributed by atoms with Crippen molar-refractivity contribution >= 4 is 28.5 Å². The molecule has 0 spiro atoms. The van der Waals surface area contributed by atoms with Gasteiger partial charge in [-0.3, -0.25) is 9.59 Å². The van der Waals surface area contributed by atoms with Crippen molar-refractivity contribution in [1.82, 2.24) is 19.9 Å². The fourth-order valence-electron chi connectivity index (χ4n) is 4.74. The van der Waals surface area contributed by atoms with Crippen molar-refractivity contribution in [2.24, 2.45) is 0 Å². The lowest BCUT2D eigenvalue weighted by molar-refractivity contribution is -0.140. The number of nitrogens with zero attached hydrogens (tertiary/aromatic N) is 4. The number of nitrogens with one attached hydrogen (secondary N) is 1. The Hall–Kier alpha value is -5.45. The second-order valence-electron chi connectivity index (χ2n) is 9.62. The van der Waals surface area contributed by atoms with Crippen LogP contribution in [-0.2, 0) is 22.7 Å². The molecule has 0 unspecified atom stereocenters. The Morgan fingerprint density at radius 1 is 0.884 bits per heavy atom. The Morgan fingerprint density at radius 3 is 2.30 bits per heavy atom. The average molecular weight is 584 g/mol. The number of rotatable bonds is 11. The van der Waals surface area contributed by atoms with Gasteiger partial charge < -0.3 is 24.4 Å². The number of aromatic nitrogens is 3. The van der Waals surface area contributed by atoms with Crippen LogP contribution < -0.4 is 19.5 Å². The zero-order valence-corrected chi connectivity index (χ0v) is 23.9. The first kappa shape index (κ1) is 29.1. The van der Waals surface area contributed by atoms with E-state index in [0.717, 1.165) is 0 Å². The van der Waals surface area contributed by atoms with Crippen molar-refractivity contribution in [3.8, 4) is 17.2 Å². The van der Waals surface area contributed by atoms with Gasteiger partial charge >= 0.3 is 0 Å². The lowest BCUT2D eigenvalue weighted by atomic mass is 10.0. The van der Waals surface area contributed by atoms with Gasteiger partial charge in [-0.15, -0.1) is 5.10 Å². The van der Waals surface area contributed by atoms with E-state index in [1.165, 1.54) is 35.9 Å². The molecular weight excluding hydrogens is 553 g/mol. The minimum absolute atomic E-state index is 0.000781. The quantitative estimate of drug-likeness (QED) is 0.233. The van der Waals surface area contributed by atoms with E-state index in [1.807, 2.05) is 18.2 Å². The molecule has 0 aliphatic carbocycles. The molecule has 1 heterocycles. The second-order valence-corrected chi connectivity index (χ2v) is 9.62. The lowest BCUT2D eigenvalue weighted by Gasteiger charge is -2.32. The Labute approximate surface area is 247 Å². The molecule has 11 heteroatoms. The van der Waals surface area contributed by atoms with Crippen LogP contribution in [0, 0.1) is 5.82 Å². The van der Waals surface area contributed by atoms with Crippen molar-refractivity contribution in [3.63, 3.8) is 0 Å². The van der Waals surface area contributed by atoms with Gasteiger partial charge in [0.05, 0.1) is 26.8 Å². The predicted octanol–water partition coefficient (Wildman–Crippen LogP) is 5.01. The molecule has 1 atom stereocenters. The number of methoxy groups -OCH3 is 3. The molecule has 220 valence electrons. The Morgan fingerprint density at radius 2 is 1.60 bits per heavy atom. The summed E-state index contributed by atoms with van der Waals surface area (Å²) in [5, 5.41) is 11.2. The van der Waals surface area contributed by atoms with Crippen LogP contribution in [0.5, 0.6) is 17.2 Å². The third-order valence-corrected chi connectivity index (χ3v) is 6.93. The number of fused-ring (bicyclic) bond motifs is 1. The van der Waals surface area contributed by atoms with Crippen molar-refractivity contribution in [2.75, 3.05) is 26.6 Å². The van der Waals surface area contributed by atoms with E-state index in [4.69, 9.17) is 14.2 Å². The van der Waals surface area contributed by atoms with Gasteiger partial charge in [-0.25, -0.2) is 9.07 Å². The number of hydrogen-bond acceptors (Lipinski definition) is 7. The topological polar surface area (TPSA) is 108 Å². The van der Waals surface area contributed by atoms with Crippen LogP contribution in [0.2, 0.25) is 0 Å². The van der Waals surface area contributed by atoms with Crippen LogP contribution in [0.3, 0.4) is 0 Å². The van der Waals surface area contributed by atoms with E-state index in [2.05, 4.69) is 15.6 Å². The van der Waals surface area contributed by atoms with Crippen LogP contribution in [0.1, 0.15) is 17.2 Å². The molecule has 0 aliphatic rings. The SMILES string of the molecule is COc1ccc(NC(=O)[C@@H](c2ccc(OC)c(OC)c2)N(Cc2ccc(F)cc2)C(=O)Cn2nnc3ccccc32)cc1. The van der Waals surface area contributed by atoms with Gasteiger partial charge in [0.25, 0.3) is 5.91 Å². The van der Waals surface area contributed by atoms with Gasteiger partial charge in [0.2, 0.25) is 5.91 Å². The smallest absolute Gasteiger partial charge is 0.251 e. The summed E-state index contributed by atoms with van der Waals surface area (Å²) in [7, 11) is 4.56. The maximum atomic E-state index is 14.2. The highest BCUT2D eigenvalue weighted by Crippen LogP contribution is 2.34. The van der Waals surface area contributed by atoms with Crippen LogP contribution in [0.4, 0.5) is 10.1 Å². The van der Waals surface area contributed by atoms with E-state index in [9.17, 15) is 14.0 Å². The van der Waals surface area contributed by atoms with E-state index in [-0.39, 0.29) is 13.1 Å². The number of amides is 2. The molecule has 0 saturated carbocycles. The zero-order chi connectivity index (χ0) is 30.3. The van der Waals surface area contributed by atoms with E-state index >= 15 is 0 Å². The van der Waals surface area contributed by atoms with Crippen LogP contribution in [-0.4, -0.2) is 53.0 Å². The number of anilines is 1. The minimum Gasteiger partial charge on any atom is -0.497 e. The number of carbonyl (C=O) groups excluding carboxylic acids is 2. The normalized spacial score (nSPS) is 11.5. The Bertz CT molecular complexity index is 1720. The van der Waals surface area contributed by atoms with Crippen LogP contribution >= 0.6 is 0 Å². The van der Waals surface area contributed by atoms with Gasteiger partial charge in [0, 0.05) is 12.2 Å². The highest BCUT2D eigenvalue weighted by molar-refractivity contribution is 5.98. The van der Waals surface area contributed by atoms with Gasteiger partial charge in [0.15, 0.2) is 11.5 Å². The number of benzene rings is 4. The molecule has 0 fully saturated rings. The van der Waals surface area contributed by atoms with Crippen molar-refractivity contribution in [1.29, 1.82) is 0 Å². The Balaban J connectivity index is 1.58. The second kappa shape index (κ2) is 13.0.